The van der Waals surface area contributed by atoms with Crippen LogP contribution in [0.4, 0.5) is 34.9 Å². The Balaban J connectivity index is 1.38. The number of hydrogen-bond donors (Lipinski definition) is 0. The average Bonchev–Trinajstić information content (AvgIpc) is 3.38. The molecule has 0 N–H and O–H groups in total. The van der Waals surface area contributed by atoms with Crippen molar-refractivity contribution < 1.29 is 22.5 Å². The Morgan fingerprint density at radius 2 is 1.74 bits per heavy atom. The maximum atomic E-state index is 13.5. The van der Waals surface area contributed by atoms with Gasteiger partial charge in [0.2, 0.25) is 11.8 Å². The van der Waals surface area contributed by atoms with Gasteiger partial charge in [0.25, 0.3) is 0 Å². The highest BCUT2D eigenvalue weighted by Crippen LogP contribution is 2.27. The van der Waals surface area contributed by atoms with E-state index in [0.29, 0.717) is 37.8 Å². The summed E-state index contributed by atoms with van der Waals surface area (Å²) in [7, 11) is 0. The molecule has 0 aliphatic carbocycles. The first-order chi connectivity index (χ1) is 14.7. The zero-order valence-electron chi connectivity index (χ0n) is 15.9. The van der Waals surface area contributed by atoms with E-state index in [9.17, 15) is 27.7 Å². The molecule has 1 fully saturated rings. The van der Waals surface area contributed by atoms with Gasteiger partial charge in [-0.3, -0.25) is 14.8 Å². The topological polar surface area (TPSA) is 98.2 Å². The minimum Gasteiger partial charge on any atom is -0.368 e. The van der Waals surface area contributed by atoms with Crippen LogP contribution < -0.4 is 9.80 Å². The molecule has 0 atom stereocenters. The van der Waals surface area contributed by atoms with Crippen LogP contribution in [-0.4, -0.2) is 55.6 Å². The minimum atomic E-state index is -4.51. The Morgan fingerprint density at radius 3 is 2.39 bits per heavy atom. The molecule has 0 saturated carbocycles. The second kappa shape index (κ2) is 7.85. The van der Waals surface area contributed by atoms with Gasteiger partial charge in [-0.05, 0) is 18.2 Å². The van der Waals surface area contributed by atoms with E-state index in [2.05, 4.69) is 15.2 Å². The van der Waals surface area contributed by atoms with E-state index in [1.54, 1.807) is 0 Å². The van der Waals surface area contributed by atoms with Crippen LogP contribution in [0.3, 0.4) is 0 Å². The Kier molecular flexibility index (Phi) is 5.20. The molecule has 1 aliphatic rings. The largest absolute Gasteiger partial charge is 0.435 e. The molecular weight excluding hydrogens is 424 g/mol. The number of rotatable bonds is 5. The maximum absolute atomic E-state index is 13.5. The third-order valence-electron chi connectivity index (χ3n) is 4.80. The number of piperazine rings is 1. The van der Waals surface area contributed by atoms with Crippen LogP contribution in [0.2, 0.25) is 0 Å². The molecule has 2 aromatic heterocycles. The second-order valence-corrected chi connectivity index (χ2v) is 6.83. The Labute approximate surface area is 172 Å². The van der Waals surface area contributed by atoms with Gasteiger partial charge in [-0.1, -0.05) is 0 Å². The molecule has 4 rings (SSSR count). The highest BCUT2D eigenvalue weighted by atomic mass is 19.4. The lowest BCUT2D eigenvalue weighted by Gasteiger charge is -2.35. The molecule has 1 aromatic carbocycles. The van der Waals surface area contributed by atoms with Crippen LogP contribution in [0.1, 0.15) is 5.69 Å². The molecule has 1 aliphatic heterocycles. The number of aromatic nitrogens is 5. The third kappa shape index (κ3) is 4.41. The molecule has 0 amide bonds. The van der Waals surface area contributed by atoms with E-state index in [1.807, 2.05) is 9.80 Å². The zero-order valence-corrected chi connectivity index (χ0v) is 15.9. The van der Waals surface area contributed by atoms with Gasteiger partial charge in [0, 0.05) is 44.1 Å². The number of halogens is 4. The molecule has 0 unspecified atom stereocenters. The second-order valence-electron chi connectivity index (χ2n) is 6.83. The number of nitro groups is 1. The van der Waals surface area contributed by atoms with Crippen LogP contribution in [-0.2, 0) is 12.8 Å². The van der Waals surface area contributed by atoms with Crippen molar-refractivity contribution in [1.29, 1.82) is 0 Å². The molecule has 14 heteroatoms. The van der Waals surface area contributed by atoms with Gasteiger partial charge < -0.3 is 9.80 Å². The number of alkyl halides is 3. The van der Waals surface area contributed by atoms with E-state index in [0.717, 1.165) is 16.8 Å². The Hall–Kier alpha value is -3.71. The van der Waals surface area contributed by atoms with Crippen LogP contribution in [0, 0.1) is 15.9 Å². The van der Waals surface area contributed by atoms with E-state index < -0.39 is 28.3 Å². The quantitative estimate of drug-likeness (QED) is 0.341. The van der Waals surface area contributed by atoms with Gasteiger partial charge in [0.15, 0.2) is 5.69 Å². The number of nitro benzene ring substituents is 1. The molecular formula is C17H16F4N8O2. The van der Waals surface area contributed by atoms with Gasteiger partial charge >= 0.3 is 11.9 Å². The molecule has 0 spiro atoms. The summed E-state index contributed by atoms with van der Waals surface area (Å²) < 4.78 is 54.0. The zero-order chi connectivity index (χ0) is 22.2. The summed E-state index contributed by atoms with van der Waals surface area (Å²) in [6, 6.07) is 4.65. The Morgan fingerprint density at radius 1 is 1.03 bits per heavy atom. The number of nitrogens with zero attached hydrogens (tertiary/aromatic N) is 8. The normalized spacial score (nSPS) is 14.8. The van der Waals surface area contributed by atoms with Crippen molar-refractivity contribution in [2.45, 2.75) is 12.8 Å². The summed E-state index contributed by atoms with van der Waals surface area (Å²) in [6.07, 6.45) is -1.89. The van der Waals surface area contributed by atoms with Crippen LogP contribution in [0.5, 0.6) is 0 Å². The minimum absolute atomic E-state index is 0.0255. The van der Waals surface area contributed by atoms with Crippen molar-refractivity contribution in [3.05, 3.63) is 58.4 Å². The van der Waals surface area contributed by atoms with Crippen molar-refractivity contribution in [3.63, 3.8) is 0 Å². The molecule has 0 radical (unpaired) electrons. The average molecular weight is 440 g/mol. The summed E-state index contributed by atoms with van der Waals surface area (Å²) >= 11 is 0. The first-order valence-electron chi connectivity index (χ1n) is 9.14. The highest BCUT2D eigenvalue weighted by Gasteiger charge is 2.33. The molecule has 164 valence electrons. The number of anilines is 2. The standard InChI is InChI=1S/C17H16F4N8O2/c18-13-2-1-12(9-14(13)29(30)31)25-5-7-26(8-6-25)16-22-10-28(24-16)11-27-4-3-15(23-27)17(19,20)21/h1-4,9-10H,5-8,11H2. The highest BCUT2D eigenvalue weighted by molar-refractivity contribution is 5.55. The maximum Gasteiger partial charge on any atom is 0.435 e. The summed E-state index contributed by atoms with van der Waals surface area (Å²) in [4.78, 5) is 18.1. The van der Waals surface area contributed by atoms with E-state index >= 15 is 0 Å². The fourth-order valence-electron chi connectivity index (χ4n) is 3.24. The third-order valence-corrected chi connectivity index (χ3v) is 4.80. The predicted molar refractivity (Wildman–Crippen MR) is 100 cm³/mol. The SMILES string of the molecule is O=[N+]([O-])c1cc(N2CCN(c3ncn(Cn4ccc(C(F)(F)F)n4)n3)CC2)ccc1F. The first kappa shape index (κ1) is 20.6. The molecule has 3 aromatic rings. The molecule has 10 nitrogen and oxygen atoms in total. The number of hydrogen-bond acceptors (Lipinski definition) is 7. The van der Waals surface area contributed by atoms with Crippen LogP contribution >= 0.6 is 0 Å². The number of benzene rings is 1. The van der Waals surface area contributed by atoms with E-state index in [1.165, 1.54) is 29.3 Å². The van der Waals surface area contributed by atoms with Crippen molar-refractivity contribution in [1.82, 2.24) is 24.5 Å². The van der Waals surface area contributed by atoms with Gasteiger partial charge in [-0.15, -0.1) is 5.10 Å². The fourth-order valence-corrected chi connectivity index (χ4v) is 3.24. The molecule has 3 heterocycles. The van der Waals surface area contributed by atoms with Crippen molar-refractivity contribution in [2.75, 3.05) is 36.0 Å². The van der Waals surface area contributed by atoms with Crippen LogP contribution in [0.15, 0.2) is 36.8 Å². The summed E-state index contributed by atoms with van der Waals surface area (Å²) in [5.41, 5.74) is -1.01. The Bertz CT molecular complexity index is 1090. The van der Waals surface area contributed by atoms with Crippen molar-refractivity contribution >= 4 is 17.3 Å². The fraction of sp³-hybridized carbons (Fsp3) is 0.353. The molecule has 1 saturated heterocycles. The summed E-state index contributed by atoms with van der Waals surface area (Å²) in [6.45, 7) is 2.00. The molecule has 0 bridgehead atoms. The molecule has 31 heavy (non-hydrogen) atoms. The first-order valence-corrected chi connectivity index (χ1v) is 9.14. The van der Waals surface area contributed by atoms with Crippen molar-refractivity contribution in [2.24, 2.45) is 0 Å². The predicted octanol–water partition coefficient (Wildman–Crippen LogP) is 2.37. The van der Waals surface area contributed by atoms with Gasteiger partial charge in [0.05, 0.1) is 4.92 Å². The lowest BCUT2D eigenvalue weighted by molar-refractivity contribution is -0.387. The van der Waals surface area contributed by atoms with E-state index in [-0.39, 0.29) is 6.67 Å². The van der Waals surface area contributed by atoms with Gasteiger partial charge in [0.1, 0.15) is 13.0 Å². The smallest absolute Gasteiger partial charge is 0.368 e. The monoisotopic (exact) mass is 440 g/mol. The lowest BCUT2D eigenvalue weighted by atomic mass is 10.2. The summed E-state index contributed by atoms with van der Waals surface area (Å²) in [5, 5.41) is 18.7. The summed E-state index contributed by atoms with van der Waals surface area (Å²) in [5.74, 6) is -0.477. The van der Waals surface area contributed by atoms with Gasteiger partial charge in [-0.25, -0.2) is 9.67 Å². The van der Waals surface area contributed by atoms with Crippen molar-refractivity contribution in [3.8, 4) is 0 Å². The van der Waals surface area contributed by atoms with Crippen LogP contribution in [0.25, 0.3) is 0 Å². The lowest BCUT2D eigenvalue weighted by Crippen LogP contribution is -2.47. The van der Waals surface area contributed by atoms with E-state index in [4.69, 9.17) is 0 Å². The van der Waals surface area contributed by atoms with Gasteiger partial charge in [-0.2, -0.15) is 22.7 Å².